The first-order valence-corrected chi connectivity index (χ1v) is 13.2. The second kappa shape index (κ2) is 12.3. The Labute approximate surface area is 225 Å². The minimum atomic E-state index is -0.600. The SMILES string of the molecule is O=C(Oc1ccc(/C=N\Nc2nc(N3CCCCC3)nc(N3CCCCC3)n2)cc1)c1ccc([N+](=O)[O-])cc1. The lowest BCUT2D eigenvalue weighted by atomic mass is 10.1. The van der Waals surface area contributed by atoms with Crippen LogP contribution in [0.1, 0.15) is 54.4 Å². The normalized spacial score (nSPS) is 15.8. The molecule has 0 aliphatic carbocycles. The summed E-state index contributed by atoms with van der Waals surface area (Å²) < 4.78 is 5.37. The van der Waals surface area contributed by atoms with Crippen LogP contribution in [0.4, 0.5) is 23.5 Å². The van der Waals surface area contributed by atoms with E-state index in [2.05, 4.69) is 30.3 Å². The lowest BCUT2D eigenvalue weighted by Crippen LogP contribution is -2.34. The van der Waals surface area contributed by atoms with Crippen molar-refractivity contribution in [1.29, 1.82) is 0 Å². The summed E-state index contributed by atoms with van der Waals surface area (Å²) in [7, 11) is 0. The van der Waals surface area contributed by atoms with Gasteiger partial charge in [-0.25, -0.2) is 10.2 Å². The van der Waals surface area contributed by atoms with E-state index in [1.807, 2.05) is 0 Å². The number of rotatable bonds is 8. The summed E-state index contributed by atoms with van der Waals surface area (Å²) in [5.74, 6) is 1.51. The minimum Gasteiger partial charge on any atom is -0.423 e. The average Bonchev–Trinajstić information content (AvgIpc) is 2.99. The number of esters is 1. The van der Waals surface area contributed by atoms with Gasteiger partial charge in [0.05, 0.1) is 16.7 Å². The lowest BCUT2D eigenvalue weighted by molar-refractivity contribution is -0.384. The zero-order valence-electron chi connectivity index (χ0n) is 21.5. The number of aromatic nitrogens is 3. The van der Waals surface area contributed by atoms with E-state index < -0.39 is 10.9 Å². The summed E-state index contributed by atoms with van der Waals surface area (Å²) in [5.41, 5.74) is 3.86. The molecule has 39 heavy (non-hydrogen) atoms. The molecule has 0 unspecified atom stereocenters. The van der Waals surface area contributed by atoms with Gasteiger partial charge in [-0.05, 0) is 80.5 Å². The predicted octanol–water partition coefficient (Wildman–Crippen LogP) is 4.43. The lowest BCUT2D eigenvalue weighted by Gasteiger charge is -2.30. The molecule has 0 amide bonds. The van der Waals surface area contributed by atoms with Gasteiger partial charge in [-0.3, -0.25) is 10.1 Å². The molecule has 5 rings (SSSR count). The zero-order chi connectivity index (χ0) is 27.0. The number of benzene rings is 2. The molecular weight excluding hydrogens is 500 g/mol. The van der Waals surface area contributed by atoms with Crippen molar-refractivity contribution in [1.82, 2.24) is 15.0 Å². The van der Waals surface area contributed by atoms with Crippen molar-refractivity contribution in [2.75, 3.05) is 41.4 Å². The van der Waals surface area contributed by atoms with Crippen LogP contribution in [0.25, 0.3) is 0 Å². The molecule has 12 nitrogen and oxygen atoms in total. The molecule has 2 aliphatic heterocycles. The van der Waals surface area contributed by atoms with Crippen LogP contribution >= 0.6 is 0 Å². The maximum absolute atomic E-state index is 12.3. The maximum Gasteiger partial charge on any atom is 0.343 e. The van der Waals surface area contributed by atoms with Crippen LogP contribution < -0.4 is 20.0 Å². The number of piperidine rings is 2. The standard InChI is InChI=1S/C27H30N8O4/c36-24(21-9-11-22(12-10-21)35(37)38)39-23-13-7-20(8-14-23)19-28-32-25-29-26(33-15-3-1-4-16-33)31-27(30-25)34-17-5-2-6-18-34/h7-14,19H,1-6,15-18H2,(H,29,30,31,32)/b28-19-. The molecule has 0 atom stereocenters. The number of hydrazone groups is 1. The van der Waals surface area contributed by atoms with Crippen molar-refractivity contribution in [3.63, 3.8) is 0 Å². The summed E-state index contributed by atoms with van der Waals surface area (Å²) in [5, 5.41) is 15.1. The fourth-order valence-corrected chi connectivity index (χ4v) is 4.55. The van der Waals surface area contributed by atoms with E-state index in [0.29, 0.717) is 23.6 Å². The number of ether oxygens (including phenoxy) is 1. The molecule has 1 N–H and O–H groups in total. The molecule has 3 heterocycles. The highest BCUT2D eigenvalue weighted by atomic mass is 16.6. The van der Waals surface area contributed by atoms with Crippen LogP contribution in [0.3, 0.4) is 0 Å². The first kappa shape index (κ1) is 26.0. The Morgan fingerprint density at radius 2 is 1.41 bits per heavy atom. The summed E-state index contributed by atoms with van der Waals surface area (Å²) in [4.78, 5) is 41.1. The van der Waals surface area contributed by atoms with Crippen LogP contribution in [0, 0.1) is 10.1 Å². The number of nitrogens with zero attached hydrogens (tertiary/aromatic N) is 7. The summed E-state index contributed by atoms with van der Waals surface area (Å²) in [6, 6.07) is 12.1. The number of carbonyl (C=O) groups is 1. The molecule has 12 heteroatoms. The number of hydrogen-bond acceptors (Lipinski definition) is 11. The molecule has 0 spiro atoms. The number of nitro benzene ring substituents is 1. The van der Waals surface area contributed by atoms with Crippen molar-refractivity contribution >= 4 is 35.7 Å². The van der Waals surface area contributed by atoms with Gasteiger partial charge in [-0.15, -0.1) is 0 Å². The number of non-ortho nitro benzene ring substituents is 1. The Morgan fingerprint density at radius 3 is 1.95 bits per heavy atom. The first-order valence-electron chi connectivity index (χ1n) is 13.2. The Morgan fingerprint density at radius 1 is 0.846 bits per heavy atom. The van der Waals surface area contributed by atoms with Gasteiger partial charge in [0, 0.05) is 38.3 Å². The van der Waals surface area contributed by atoms with E-state index in [9.17, 15) is 14.9 Å². The van der Waals surface area contributed by atoms with Crippen molar-refractivity contribution in [2.45, 2.75) is 38.5 Å². The molecule has 2 fully saturated rings. The molecule has 202 valence electrons. The van der Waals surface area contributed by atoms with Crippen LogP contribution in [0.5, 0.6) is 5.75 Å². The maximum atomic E-state index is 12.3. The van der Waals surface area contributed by atoms with Gasteiger partial charge >= 0.3 is 5.97 Å². The third-order valence-corrected chi connectivity index (χ3v) is 6.67. The highest BCUT2D eigenvalue weighted by molar-refractivity contribution is 5.91. The summed E-state index contributed by atoms with van der Waals surface area (Å²) in [6.45, 7) is 3.75. The number of hydrogen-bond donors (Lipinski definition) is 1. The molecule has 2 aliphatic rings. The second-order valence-corrected chi connectivity index (χ2v) is 9.49. The molecular formula is C27H30N8O4. The van der Waals surface area contributed by atoms with Crippen molar-refractivity contribution in [2.24, 2.45) is 5.10 Å². The van der Waals surface area contributed by atoms with Gasteiger partial charge in [0.15, 0.2) is 0 Å². The van der Waals surface area contributed by atoms with Crippen molar-refractivity contribution in [3.05, 3.63) is 69.8 Å². The molecule has 0 bridgehead atoms. The second-order valence-electron chi connectivity index (χ2n) is 9.49. The summed E-state index contributed by atoms with van der Waals surface area (Å²) in [6.07, 6.45) is 8.61. The third-order valence-electron chi connectivity index (χ3n) is 6.67. The van der Waals surface area contributed by atoms with Crippen molar-refractivity contribution < 1.29 is 14.5 Å². The molecule has 0 radical (unpaired) electrons. The zero-order valence-corrected chi connectivity index (χ0v) is 21.5. The largest absolute Gasteiger partial charge is 0.423 e. The average molecular weight is 531 g/mol. The summed E-state index contributed by atoms with van der Waals surface area (Å²) >= 11 is 0. The number of nitro groups is 1. The van der Waals surface area contributed by atoms with E-state index in [0.717, 1.165) is 57.4 Å². The quantitative estimate of drug-likeness (QED) is 0.146. The number of anilines is 3. The van der Waals surface area contributed by atoms with E-state index in [4.69, 9.17) is 9.72 Å². The van der Waals surface area contributed by atoms with E-state index in [1.54, 1.807) is 30.5 Å². The Hall–Kier alpha value is -4.61. The third kappa shape index (κ3) is 6.83. The highest BCUT2D eigenvalue weighted by Crippen LogP contribution is 2.23. The van der Waals surface area contributed by atoms with Crippen LogP contribution in [-0.2, 0) is 0 Å². The Bertz CT molecular complexity index is 1280. The minimum absolute atomic E-state index is 0.0913. The van der Waals surface area contributed by atoms with Gasteiger partial charge in [0.25, 0.3) is 5.69 Å². The van der Waals surface area contributed by atoms with E-state index in [-0.39, 0.29) is 11.3 Å². The van der Waals surface area contributed by atoms with E-state index >= 15 is 0 Å². The Balaban J connectivity index is 1.23. The molecule has 2 saturated heterocycles. The topological polar surface area (TPSA) is 139 Å². The fourth-order valence-electron chi connectivity index (χ4n) is 4.55. The van der Waals surface area contributed by atoms with Gasteiger partial charge < -0.3 is 14.5 Å². The van der Waals surface area contributed by atoms with Crippen LogP contribution in [0.15, 0.2) is 53.6 Å². The first-order chi connectivity index (χ1) is 19.0. The van der Waals surface area contributed by atoms with Gasteiger partial charge in [0.1, 0.15) is 5.75 Å². The van der Waals surface area contributed by atoms with Crippen LogP contribution in [-0.4, -0.2) is 58.2 Å². The molecule has 1 aromatic heterocycles. The van der Waals surface area contributed by atoms with Gasteiger partial charge in [-0.1, -0.05) is 0 Å². The smallest absolute Gasteiger partial charge is 0.343 e. The molecule has 2 aromatic carbocycles. The van der Waals surface area contributed by atoms with Crippen LogP contribution in [0.2, 0.25) is 0 Å². The highest BCUT2D eigenvalue weighted by Gasteiger charge is 2.20. The number of carbonyl (C=O) groups excluding carboxylic acids is 1. The monoisotopic (exact) mass is 530 g/mol. The van der Waals surface area contributed by atoms with Gasteiger partial charge in [-0.2, -0.15) is 20.1 Å². The van der Waals surface area contributed by atoms with Gasteiger partial charge in [0.2, 0.25) is 17.8 Å². The fraction of sp³-hybridized carbons (Fsp3) is 0.370. The molecule has 0 saturated carbocycles. The van der Waals surface area contributed by atoms with E-state index in [1.165, 1.54) is 37.1 Å². The predicted molar refractivity (Wildman–Crippen MR) is 148 cm³/mol. The number of nitrogens with one attached hydrogen (secondary N) is 1. The molecule has 3 aromatic rings. The van der Waals surface area contributed by atoms with Crippen molar-refractivity contribution in [3.8, 4) is 5.75 Å². The Kier molecular flexibility index (Phi) is 8.20.